The number of nitrogens with zero attached hydrogens (tertiary/aromatic N) is 6. The fraction of sp³-hybridized carbons (Fsp3) is 0.559. The highest BCUT2D eigenvalue weighted by Crippen LogP contribution is 2.41. The summed E-state index contributed by atoms with van der Waals surface area (Å²) in [4.78, 5) is 33.9. The van der Waals surface area contributed by atoms with Crippen LogP contribution in [0.2, 0.25) is 0 Å². The minimum absolute atomic E-state index is 0.0290. The third-order valence-corrected chi connectivity index (χ3v) is 10.7. The highest BCUT2D eigenvalue weighted by atomic mass is 32.2. The maximum absolute atomic E-state index is 14.2. The zero-order valence-corrected chi connectivity index (χ0v) is 29.9. The maximum atomic E-state index is 14.2. The van der Waals surface area contributed by atoms with E-state index in [2.05, 4.69) is 71.0 Å². The van der Waals surface area contributed by atoms with Gasteiger partial charge in [0, 0.05) is 61.2 Å². The summed E-state index contributed by atoms with van der Waals surface area (Å²) < 4.78 is 7.74. The van der Waals surface area contributed by atoms with Crippen molar-refractivity contribution in [3.8, 4) is 0 Å². The van der Waals surface area contributed by atoms with Crippen LogP contribution in [0.5, 0.6) is 0 Å². The van der Waals surface area contributed by atoms with Crippen LogP contribution < -0.4 is 10.2 Å². The number of ether oxygens (including phenoxy) is 1. The monoisotopic (exact) mass is 681 g/mol. The maximum Gasteiger partial charge on any atom is 0.300 e. The number of pyridine rings is 1. The second-order valence-corrected chi connectivity index (χ2v) is 14.6. The molecule has 0 bridgehead atoms. The van der Waals surface area contributed by atoms with Gasteiger partial charge in [-0.15, -0.1) is 22.0 Å². The van der Waals surface area contributed by atoms with E-state index in [-0.39, 0.29) is 11.3 Å². The van der Waals surface area contributed by atoms with Crippen molar-refractivity contribution in [2.45, 2.75) is 62.9 Å². The van der Waals surface area contributed by atoms with Crippen molar-refractivity contribution in [2.75, 3.05) is 61.3 Å². The van der Waals surface area contributed by atoms with Gasteiger partial charge in [-0.05, 0) is 85.7 Å². The Morgan fingerprint density at radius 2 is 2.00 bits per heavy atom. The molecular formula is C34H47N7O4S2. The molecule has 2 aromatic heterocycles. The van der Waals surface area contributed by atoms with E-state index in [0.717, 1.165) is 60.6 Å². The van der Waals surface area contributed by atoms with Gasteiger partial charge in [0.1, 0.15) is 23.8 Å². The van der Waals surface area contributed by atoms with Gasteiger partial charge in [0.2, 0.25) is 0 Å². The summed E-state index contributed by atoms with van der Waals surface area (Å²) in [6.45, 7) is 10.2. The number of thioether (sulfide) groups is 2. The SMILES string of the molecule is CC(=O)O.CCNc1cc(C2(Cc3nncn3C)COC2)cc(N2Cc3c(SC)cc(C(CSC)N4CCC[C@H](C)C4)cc3C2=O)n1. The van der Waals surface area contributed by atoms with Crippen LogP contribution in [0.15, 0.2) is 35.5 Å². The van der Waals surface area contributed by atoms with Crippen molar-refractivity contribution in [1.82, 2.24) is 24.6 Å². The molecule has 3 aliphatic rings. The second kappa shape index (κ2) is 15.4. The number of amides is 1. The lowest BCUT2D eigenvalue weighted by Crippen LogP contribution is -2.49. The van der Waals surface area contributed by atoms with Crippen LogP contribution >= 0.6 is 23.5 Å². The van der Waals surface area contributed by atoms with Gasteiger partial charge in [0.25, 0.3) is 11.9 Å². The van der Waals surface area contributed by atoms with Gasteiger partial charge < -0.3 is 19.7 Å². The lowest BCUT2D eigenvalue weighted by atomic mass is 9.75. The van der Waals surface area contributed by atoms with Crippen molar-refractivity contribution in [3.05, 3.63) is 58.7 Å². The number of carboxylic acids is 1. The number of hydrogen-bond donors (Lipinski definition) is 2. The largest absolute Gasteiger partial charge is 0.481 e. The minimum atomic E-state index is -0.833. The Hall–Kier alpha value is -3.13. The van der Waals surface area contributed by atoms with E-state index < -0.39 is 5.97 Å². The molecule has 254 valence electrons. The van der Waals surface area contributed by atoms with Gasteiger partial charge in [-0.2, -0.15) is 11.8 Å². The molecule has 0 saturated carbocycles. The third kappa shape index (κ3) is 7.79. The molecule has 1 unspecified atom stereocenters. The minimum Gasteiger partial charge on any atom is -0.481 e. The highest BCUT2D eigenvalue weighted by Gasteiger charge is 2.43. The van der Waals surface area contributed by atoms with Crippen LogP contribution in [-0.4, -0.2) is 92.7 Å². The molecule has 13 heteroatoms. The Bertz CT molecular complexity index is 1570. The van der Waals surface area contributed by atoms with E-state index in [9.17, 15) is 4.79 Å². The van der Waals surface area contributed by atoms with E-state index >= 15 is 0 Å². The topological polar surface area (TPSA) is 126 Å². The third-order valence-electron chi connectivity index (χ3n) is 9.20. The number of benzene rings is 1. The average Bonchev–Trinajstić information content (AvgIpc) is 3.58. The average molecular weight is 682 g/mol. The van der Waals surface area contributed by atoms with E-state index in [1.54, 1.807) is 18.1 Å². The summed E-state index contributed by atoms with van der Waals surface area (Å²) in [5.74, 6) is 3.28. The molecule has 2 saturated heterocycles. The predicted octanol–water partition coefficient (Wildman–Crippen LogP) is 5.26. The fourth-order valence-corrected chi connectivity index (χ4v) is 8.15. The number of aliphatic carboxylic acids is 1. The van der Waals surface area contributed by atoms with Crippen molar-refractivity contribution < 1.29 is 19.4 Å². The molecular weight excluding hydrogens is 635 g/mol. The van der Waals surface area contributed by atoms with Crippen LogP contribution in [0.4, 0.5) is 11.6 Å². The molecule has 5 heterocycles. The Morgan fingerprint density at radius 3 is 2.60 bits per heavy atom. The Labute approximate surface area is 286 Å². The zero-order valence-electron chi connectivity index (χ0n) is 28.3. The number of fused-ring (bicyclic) bond motifs is 1. The molecule has 1 aromatic carbocycles. The number of carbonyl (C=O) groups excluding carboxylic acids is 1. The predicted molar refractivity (Wildman–Crippen MR) is 189 cm³/mol. The molecule has 2 atom stereocenters. The summed E-state index contributed by atoms with van der Waals surface area (Å²) in [6, 6.07) is 9.03. The molecule has 47 heavy (non-hydrogen) atoms. The van der Waals surface area contributed by atoms with Crippen molar-refractivity contribution >= 4 is 47.0 Å². The Morgan fingerprint density at radius 1 is 1.23 bits per heavy atom. The number of aromatic nitrogens is 4. The molecule has 3 aromatic rings. The summed E-state index contributed by atoms with van der Waals surface area (Å²) in [5, 5.41) is 19.3. The molecule has 11 nitrogen and oxygen atoms in total. The Kier molecular flexibility index (Phi) is 11.5. The molecule has 3 aliphatic heterocycles. The van der Waals surface area contributed by atoms with Crippen molar-refractivity contribution in [2.24, 2.45) is 13.0 Å². The Balaban J connectivity index is 0.00000103. The summed E-state index contributed by atoms with van der Waals surface area (Å²) in [5.41, 5.74) is 4.04. The number of carboxylic acid groups (broad SMARTS) is 1. The van der Waals surface area contributed by atoms with Crippen molar-refractivity contribution in [1.29, 1.82) is 0 Å². The first kappa shape index (κ1) is 35.2. The lowest BCUT2D eigenvalue weighted by Gasteiger charge is -2.42. The van der Waals surface area contributed by atoms with Gasteiger partial charge >= 0.3 is 0 Å². The molecule has 0 spiro atoms. The zero-order chi connectivity index (χ0) is 33.7. The number of carbonyl (C=O) groups is 2. The summed E-state index contributed by atoms with van der Waals surface area (Å²) in [7, 11) is 1.97. The van der Waals surface area contributed by atoms with E-state index in [4.69, 9.17) is 19.6 Å². The van der Waals surface area contributed by atoms with Crippen LogP contribution in [0, 0.1) is 5.92 Å². The van der Waals surface area contributed by atoms with E-state index in [1.165, 1.54) is 23.3 Å². The normalized spacial score (nSPS) is 19.4. The van der Waals surface area contributed by atoms with Crippen LogP contribution in [0.3, 0.4) is 0 Å². The van der Waals surface area contributed by atoms with Crippen LogP contribution in [-0.2, 0) is 35.0 Å². The molecule has 0 radical (unpaired) electrons. The second-order valence-electron chi connectivity index (χ2n) is 12.8. The number of piperidine rings is 1. The van der Waals surface area contributed by atoms with Crippen molar-refractivity contribution in [3.63, 3.8) is 0 Å². The smallest absolute Gasteiger partial charge is 0.300 e. The first-order chi connectivity index (χ1) is 22.6. The molecule has 1 amide bonds. The van der Waals surface area contributed by atoms with Gasteiger partial charge in [-0.25, -0.2) is 4.98 Å². The van der Waals surface area contributed by atoms with E-state index in [1.807, 2.05) is 28.3 Å². The summed E-state index contributed by atoms with van der Waals surface area (Å²) in [6.07, 6.45) is 9.27. The quantitative estimate of drug-likeness (QED) is 0.258. The molecule has 0 aliphatic carbocycles. The van der Waals surface area contributed by atoms with E-state index in [0.29, 0.717) is 44.0 Å². The van der Waals surface area contributed by atoms with Gasteiger partial charge in [0.05, 0.1) is 19.8 Å². The van der Waals surface area contributed by atoms with Crippen LogP contribution in [0.1, 0.15) is 72.5 Å². The fourth-order valence-electron chi connectivity index (χ4n) is 6.76. The standard InChI is InChI=1S/C32H43N7O2S2.C2H4O2/c1-6-33-28-12-23(32(18-41-19-32)14-30-36-34-20-37(30)3)13-29(35-28)39-16-25-24(31(39)40)10-22(11-27(25)43-5)26(17-42-4)38-9-7-8-21(2)15-38;1-2(3)4/h10-13,20-21,26H,6-9,14-19H2,1-5H3,(H,33,35);1H3,(H,3,4)/t21-,26?;/m0./s1. The van der Waals surface area contributed by atoms with Gasteiger partial charge in [-0.3, -0.25) is 19.4 Å². The molecule has 2 fully saturated rings. The molecule has 6 rings (SSSR count). The number of likely N-dealkylation sites (tertiary alicyclic amines) is 1. The highest BCUT2D eigenvalue weighted by molar-refractivity contribution is 7.98. The number of anilines is 2. The number of aryl methyl sites for hydroxylation is 1. The number of hydrogen-bond acceptors (Lipinski definition) is 10. The number of rotatable bonds is 11. The lowest BCUT2D eigenvalue weighted by molar-refractivity contribution is -0.134. The number of nitrogens with one attached hydrogen (secondary N) is 1. The van der Waals surface area contributed by atoms with Crippen LogP contribution in [0.25, 0.3) is 0 Å². The summed E-state index contributed by atoms with van der Waals surface area (Å²) >= 11 is 3.62. The van der Waals surface area contributed by atoms with Gasteiger partial charge in [-0.1, -0.05) is 6.92 Å². The first-order valence-electron chi connectivity index (χ1n) is 16.2. The molecule has 2 N–H and O–H groups in total. The van der Waals surface area contributed by atoms with Gasteiger partial charge in [0.15, 0.2) is 0 Å². The first-order valence-corrected chi connectivity index (χ1v) is 18.8.